The summed E-state index contributed by atoms with van der Waals surface area (Å²) in [5.41, 5.74) is 6.56. The smallest absolute Gasteiger partial charge is 0.163 e. The summed E-state index contributed by atoms with van der Waals surface area (Å²) in [5.74, 6) is -0.638. The van der Waals surface area contributed by atoms with Crippen molar-refractivity contribution in [3.8, 4) is 22.8 Å². The molecule has 0 saturated heterocycles. The first-order valence-electron chi connectivity index (χ1n) is 10.7. The van der Waals surface area contributed by atoms with Gasteiger partial charge in [-0.3, -0.25) is 4.79 Å². The van der Waals surface area contributed by atoms with Crippen molar-refractivity contribution in [2.24, 2.45) is 5.73 Å². The Bertz CT molecular complexity index is 1220. The molecule has 0 fully saturated rings. The van der Waals surface area contributed by atoms with E-state index in [4.69, 9.17) is 22.1 Å². The zero-order chi connectivity index (χ0) is 25.3. The van der Waals surface area contributed by atoms with Crippen LogP contribution in [0.2, 0.25) is 5.02 Å². The molecule has 34 heavy (non-hydrogen) atoms. The Labute approximate surface area is 203 Å². The molecule has 0 aliphatic heterocycles. The molecule has 180 valence electrons. The molecule has 2 aromatic carbocycles. The summed E-state index contributed by atoms with van der Waals surface area (Å²) in [6.45, 7) is 5.22. The van der Waals surface area contributed by atoms with E-state index in [1.54, 1.807) is 25.1 Å². The largest absolute Gasteiger partial charge is 0.504 e. The van der Waals surface area contributed by atoms with Crippen molar-refractivity contribution in [1.29, 1.82) is 0 Å². The number of Topliss-reactive ketones (excluding diaryl/α,β-unsaturated/α-hetero) is 1. The number of aliphatic hydroxyl groups is 1. The van der Waals surface area contributed by atoms with Crippen LogP contribution in [0.5, 0.6) is 11.5 Å². The number of phenolic OH excluding ortho intramolecular Hbond substituents is 1. The number of ketones is 1. The molecule has 4 N–H and O–H groups in total. The molecule has 3 rings (SSSR count). The second-order valence-electron chi connectivity index (χ2n) is 9.06. The number of phenols is 1. The molecule has 0 aliphatic carbocycles. The summed E-state index contributed by atoms with van der Waals surface area (Å²) < 4.78 is 18.7. The Kier molecular flexibility index (Phi) is 7.31. The van der Waals surface area contributed by atoms with Crippen LogP contribution in [0.25, 0.3) is 11.3 Å². The van der Waals surface area contributed by atoms with Gasteiger partial charge in [-0.2, -0.15) is 0 Å². The van der Waals surface area contributed by atoms with E-state index in [0.717, 1.165) is 0 Å². The van der Waals surface area contributed by atoms with Crippen molar-refractivity contribution in [2.75, 3.05) is 7.11 Å². The van der Waals surface area contributed by atoms with E-state index in [1.165, 1.54) is 37.4 Å². The molecule has 0 bridgehead atoms. The lowest BCUT2D eigenvalue weighted by Gasteiger charge is -2.27. The lowest BCUT2D eigenvalue weighted by Crippen LogP contribution is -2.31. The van der Waals surface area contributed by atoms with Gasteiger partial charge in [0.2, 0.25) is 0 Å². The van der Waals surface area contributed by atoms with Gasteiger partial charge in [-0.15, -0.1) is 0 Å². The first kappa shape index (κ1) is 25.6. The first-order valence-corrected chi connectivity index (χ1v) is 11.1. The van der Waals surface area contributed by atoms with Crippen LogP contribution in [0.4, 0.5) is 4.39 Å². The molecule has 0 radical (unpaired) electrons. The third-order valence-corrected chi connectivity index (χ3v) is 5.97. The number of hydrogen-bond donors (Lipinski definition) is 3. The van der Waals surface area contributed by atoms with Crippen molar-refractivity contribution >= 4 is 17.4 Å². The van der Waals surface area contributed by atoms with E-state index < -0.39 is 17.0 Å². The number of aromatic nitrogens is 1. The van der Waals surface area contributed by atoms with Gasteiger partial charge in [0.25, 0.3) is 0 Å². The Balaban J connectivity index is 1.93. The Morgan fingerprint density at radius 3 is 2.47 bits per heavy atom. The highest BCUT2D eigenvalue weighted by Gasteiger charge is 2.29. The molecule has 1 atom stereocenters. The maximum atomic E-state index is 13.7. The molecular weight excluding hydrogens is 459 g/mol. The highest BCUT2D eigenvalue weighted by atomic mass is 35.5. The summed E-state index contributed by atoms with van der Waals surface area (Å²) in [6.07, 6.45) is 0.108. The Morgan fingerprint density at radius 1 is 1.15 bits per heavy atom. The molecule has 0 amide bonds. The second kappa shape index (κ2) is 9.70. The molecule has 8 heteroatoms. The van der Waals surface area contributed by atoms with Crippen molar-refractivity contribution in [3.63, 3.8) is 0 Å². The molecule has 0 saturated carbocycles. The van der Waals surface area contributed by atoms with Crippen LogP contribution < -0.4 is 10.5 Å². The SMILES string of the molecule is COc1cc(C(=O)CCC(C)(O)c2cc(C(C)(C)N)cc(-c3ccc(F)c(Cl)c3)n2)ccc1O. The maximum Gasteiger partial charge on any atom is 0.163 e. The van der Waals surface area contributed by atoms with E-state index in [9.17, 15) is 19.4 Å². The number of pyridine rings is 1. The predicted octanol–water partition coefficient (Wildman–Crippen LogP) is 5.32. The van der Waals surface area contributed by atoms with Crippen molar-refractivity contribution in [2.45, 2.75) is 44.8 Å². The van der Waals surface area contributed by atoms with Gasteiger partial charge in [-0.05, 0) is 81.3 Å². The van der Waals surface area contributed by atoms with Crippen LogP contribution in [0, 0.1) is 5.82 Å². The number of aromatic hydroxyl groups is 1. The average Bonchev–Trinajstić information content (AvgIpc) is 2.78. The third kappa shape index (κ3) is 5.73. The molecular formula is C26H28ClFN2O4. The van der Waals surface area contributed by atoms with Gasteiger partial charge in [-0.25, -0.2) is 9.37 Å². The van der Waals surface area contributed by atoms with Crippen molar-refractivity contribution < 1.29 is 24.1 Å². The number of benzene rings is 2. The predicted molar refractivity (Wildman–Crippen MR) is 130 cm³/mol. The highest BCUT2D eigenvalue weighted by molar-refractivity contribution is 6.31. The van der Waals surface area contributed by atoms with Crippen molar-refractivity contribution in [1.82, 2.24) is 4.98 Å². The summed E-state index contributed by atoms with van der Waals surface area (Å²) >= 11 is 5.96. The third-order valence-electron chi connectivity index (χ3n) is 5.68. The van der Waals surface area contributed by atoms with Gasteiger partial charge in [0.1, 0.15) is 11.4 Å². The van der Waals surface area contributed by atoms with Gasteiger partial charge in [0.05, 0.1) is 23.5 Å². The van der Waals surface area contributed by atoms with Crippen molar-refractivity contribution in [3.05, 3.63) is 76.2 Å². The van der Waals surface area contributed by atoms with E-state index in [0.29, 0.717) is 28.1 Å². The number of halogens is 2. The zero-order valence-electron chi connectivity index (χ0n) is 19.5. The average molecular weight is 487 g/mol. The number of nitrogens with two attached hydrogens (primary N) is 1. The van der Waals surface area contributed by atoms with Gasteiger partial charge in [0, 0.05) is 23.1 Å². The molecule has 1 aromatic heterocycles. The van der Waals surface area contributed by atoms with E-state index in [-0.39, 0.29) is 35.1 Å². The quantitative estimate of drug-likeness (QED) is 0.372. The molecule has 6 nitrogen and oxygen atoms in total. The van der Waals surface area contributed by atoms with Gasteiger partial charge in [-0.1, -0.05) is 11.6 Å². The molecule has 1 unspecified atom stereocenters. The number of nitrogens with zero attached hydrogens (tertiary/aromatic N) is 1. The summed E-state index contributed by atoms with van der Waals surface area (Å²) in [6, 6.07) is 12.1. The number of ether oxygens (including phenoxy) is 1. The Hall–Kier alpha value is -3.00. The summed E-state index contributed by atoms with van der Waals surface area (Å²) in [7, 11) is 1.40. The number of carbonyl (C=O) groups is 1. The Morgan fingerprint density at radius 2 is 1.85 bits per heavy atom. The van der Waals surface area contributed by atoms with Gasteiger partial charge >= 0.3 is 0 Å². The fraction of sp³-hybridized carbons (Fsp3) is 0.308. The van der Waals surface area contributed by atoms with Crippen LogP contribution in [0.15, 0.2) is 48.5 Å². The first-order chi connectivity index (χ1) is 15.8. The van der Waals surface area contributed by atoms with Crippen LogP contribution in [0.3, 0.4) is 0 Å². The summed E-state index contributed by atoms with van der Waals surface area (Å²) in [4.78, 5) is 17.3. The normalized spacial score (nSPS) is 13.4. The fourth-order valence-corrected chi connectivity index (χ4v) is 3.64. The molecule has 0 aliphatic rings. The molecule has 0 spiro atoms. The minimum atomic E-state index is -1.46. The zero-order valence-corrected chi connectivity index (χ0v) is 20.3. The van der Waals surface area contributed by atoms with E-state index in [2.05, 4.69) is 4.98 Å². The number of methoxy groups -OCH3 is 1. The lowest BCUT2D eigenvalue weighted by molar-refractivity contribution is 0.0396. The van der Waals surface area contributed by atoms with E-state index >= 15 is 0 Å². The highest BCUT2D eigenvalue weighted by Crippen LogP contribution is 2.33. The fourth-order valence-electron chi connectivity index (χ4n) is 3.46. The number of carbonyl (C=O) groups excluding carboxylic acids is 1. The minimum Gasteiger partial charge on any atom is -0.504 e. The van der Waals surface area contributed by atoms with Crippen LogP contribution in [-0.2, 0) is 11.1 Å². The standard InChI is InChI=1S/C26H28ClFN2O4/c1-25(2,29)17-13-20(15-5-7-19(28)18(27)11-15)30-24(14-17)26(3,33)10-9-21(31)16-6-8-22(32)23(12-16)34-4/h5-8,11-14,32-33H,9-10,29H2,1-4H3. The van der Waals surface area contributed by atoms with Crippen LogP contribution >= 0.6 is 11.6 Å². The second-order valence-corrected chi connectivity index (χ2v) is 9.47. The monoisotopic (exact) mass is 486 g/mol. The number of hydrogen-bond acceptors (Lipinski definition) is 6. The lowest BCUT2D eigenvalue weighted by atomic mass is 9.88. The minimum absolute atomic E-state index is 0.0244. The van der Waals surface area contributed by atoms with Gasteiger partial charge < -0.3 is 20.7 Å². The summed E-state index contributed by atoms with van der Waals surface area (Å²) in [5, 5.41) is 21.0. The van der Waals surface area contributed by atoms with E-state index in [1.807, 2.05) is 13.8 Å². The topological polar surface area (TPSA) is 106 Å². The maximum absolute atomic E-state index is 13.7. The molecule has 1 heterocycles. The number of rotatable bonds is 8. The van der Waals surface area contributed by atoms with Gasteiger partial charge in [0.15, 0.2) is 17.3 Å². The van der Waals surface area contributed by atoms with Crippen LogP contribution in [0.1, 0.15) is 55.2 Å². The van der Waals surface area contributed by atoms with Crippen LogP contribution in [-0.4, -0.2) is 28.1 Å². The molecule has 3 aromatic rings.